The van der Waals surface area contributed by atoms with Gasteiger partial charge in [0.2, 0.25) is 0 Å². The molecule has 0 radical (unpaired) electrons. The lowest BCUT2D eigenvalue weighted by Gasteiger charge is -2.10. The lowest BCUT2D eigenvalue weighted by atomic mass is 10.1. The molecule has 0 N–H and O–H groups in total. The van der Waals surface area contributed by atoms with Crippen molar-refractivity contribution in [1.29, 1.82) is 0 Å². The fraction of sp³-hybridized carbons (Fsp3) is 0.200. The van der Waals surface area contributed by atoms with E-state index >= 15 is 0 Å². The number of benzene rings is 3. The third kappa shape index (κ3) is 4.77. The van der Waals surface area contributed by atoms with Gasteiger partial charge in [0.25, 0.3) is 5.56 Å². The highest BCUT2D eigenvalue weighted by Crippen LogP contribution is 2.23. The number of aryl methyl sites for hydroxylation is 2. The minimum Gasteiger partial charge on any atom is -0.316 e. The first kappa shape index (κ1) is 23.8. The SMILES string of the molecule is Cc1ccc(-c2csc(=Nc3c(C)n(C)n(-c4ccccc4)c3=O)n2CCCc2ccccc2)cc1. The molecule has 0 atom stereocenters. The maximum atomic E-state index is 13.5. The average molecular weight is 495 g/mol. The van der Waals surface area contributed by atoms with Gasteiger partial charge in [0.05, 0.1) is 17.1 Å². The van der Waals surface area contributed by atoms with Gasteiger partial charge in [0.1, 0.15) is 0 Å². The molecule has 6 heteroatoms. The maximum Gasteiger partial charge on any atom is 0.297 e. The highest BCUT2D eigenvalue weighted by Gasteiger charge is 2.17. The van der Waals surface area contributed by atoms with Crippen LogP contribution in [0.5, 0.6) is 0 Å². The Morgan fingerprint density at radius 3 is 2.22 bits per heavy atom. The summed E-state index contributed by atoms with van der Waals surface area (Å²) in [7, 11) is 1.91. The first-order chi connectivity index (χ1) is 17.5. The van der Waals surface area contributed by atoms with E-state index in [0.717, 1.165) is 46.8 Å². The minimum atomic E-state index is -0.109. The predicted molar refractivity (Wildman–Crippen MR) is 148 cm³/mol. The molecule has 5 aromatic rings. The van der Waals surface area contributed by atoms with Crippen LogP contribution >= 0.6 is 11.3 Å². The second-order valence-electron chi connectivity index (χ2n) is 9.03. The van der Waals surface area contributed by atoms with Gasteiger partial charge in [-0.25, -0.2) is 9.67 Å². The highest BCUT2D eigenvalue weighted by atomic mass is 32.1. The van der Waals surface area contributed by atoms with Crippen LogP contribution in [0.4, 0.5) is 5.69 Å². The molecule has 182 valence electrons. The summed E-state index contributed by atoms with van der Waals surface area (Å²) in [5, 5.41) is 2.15. The number of hydrogen-bond donors (Lipinski definition) is 0. The zero-order valence-corrected chi connectivity index (χ0v) is 21.7. The topological polar surface area (TPSA) is 44.2 Å². The highest BCUT2D eigenvalue weighted by molar-refractivity contribution is 7.07. The van der Waals surface area contributed by atoms with E-state index in [1.54, 1.807) is 16.0 Å². The summed E-state index contributed by atoms with van der Waals surface area (Å²) in [6.45, 7) is 4.87. The third-order valence-corrected chi connectivity index (χ3v) is 7.43. The minimum absolute atomic E-state index is 0.109. The summed E-state index contributed by atoms with van der Waals surface area (Å²) in [5.74, 6) is 0. The van der Waals surface area contributed by atoms with Crippen LogP contribution in [0.1, 0.15) is 23.2 Å². The van der Waals surface area contributed by atoms with E-state index in [4.69, 9.17) is 4.99 Å². The molecule has 2 heterocycles. The van der Waals surface area contributed by atoms with Crippen LogP contribution in [0.15, 0.2) is 100 Å². The molecule has 5 nitrogen and oxygen atoms in total. The molecule has 0 aliphatic heterocycles. The van der Waals surface area contributed by atoms with Gasteiger partial charge in [-0.1, -0.05) is 78.4 Å². The van der Waals surface area contributed by atoms with Crippen molar-refractivity contribution < 1.29 is 0 Å². The Balaban J connectivity index is 1.58. The van der Waals surface area contributed by atoms with Crippen molar-refractivity contribution in [2.45, 2.75) is 33.2 Å². The van der Waals surface area contributed by atoms with Gasteiger partial charge in [-0.15, -0.1) is 11.3 Å². The van der Waals surface area contributed by atoms with Crippen molar-refractivity contribution in [3.05, 3.63) is 122 Å². The van der Waals surface area contributed by atoms with Crippen molar-refractivity contribution in [2.24, 2.45) is 12.0 Å². The summed E-state index contributed by atoms with van der Waals surface area (Å²) in [4.78, 5) is 19.3. The second kappa shape index (κ2) is 10.4. The van der Waals surface area contributed by atoms with Gasteiger partial charge >= 0.3 is 0 Å². The molecule has 0 spiro atoms. The van der Waals surface area contributed by atoms with Gasteiger partial charge in [0.15, 0.2) is 10.5 Å². The molecule has 0 aliphatic rings. The smallest absolute Gasteiger partial charge is 0.297 e. The molecular weight excluding hydrogens is 464 g/mol. The van der Waals surface area contributed by atoms with E-state index in [0.29, 0.717) is 5.69 Å². The van der Waals surface area contributed by atoms with E-state index in [1.807, 2.05) is 55.1 Å². The average Bonchev–Trinajstić information content (AvgIpc) is 3.39. The van der Waals surface area contributed by atoms with E-state index in [1.165, 1.54) is 11.1 Å². The van der Waals surface area contributed by atoms with Crippen LogP contribution in [0.3, 0.4) is 0 Å². The number of thiazole rings is 1. The summed E-state index contributed by atoms with van der Waals surface area (Å²) in [6.07, 6.45) is 1.97. The fourth-order valence-electron chi connectivity index (χ4n) is 4.45. The molecular formula is C30H30N4OS. The van der Waals surface area contributed by atoms with Crippen LogP contribution in [-0.4, -0.2) is 13.9 Å². The zero-order valence-electron chi connectivity index (χ0n) is 20.9. The Morgan fingerprint density at radius 1 is 0.861 bits per heavy atom. The molecule has 0 saturated heterocycles. The molecule has 0 amide bonds. The van der Waals surface area contributed by atoms with Gasteiger partial charge < -0.3 is 4.57 Å². The number of rotatable bonds is 7. The summed E-state index contributed by atoms with van der Waals surface area (Å²) < 4.78 is 5.82. The van der Waals surface area contributed by atoms with Crippen molar-refractivity contribution >= 4 is 17.0 Å². The second-order valence-corrected chi connectivity index (χ2v) is 9.87. The molecule has 0 unspecified atom stereocenters. The van der Waals surface area contributed by atoms with Crippen LogP contribution in [0, 0.1) is 13.8 Å². The molecule has 0 aliphatic carbocycles. The Morgan fingerprint density at radius 2 is 1.53 bits per heavy atom. The number of aromatic nitrogens is 3. The summed E-state index contributed by atoms with van der Waals surface area (Å²) in [5.41, 5.74) is 6.89. The molecule has 0 fully saturated rings. The normalized spacial score (nSPS) is 11.8. The Bertz CT molecular complexity index is 1590. The van der Waals surface area contributed by atoms with Crippen molar-refractivity contribution in [1.82, 2.24) is 13.9 Å². The third-order valence-electron chi connectivity index (χ3n) is 6.57. The van der Waals surface area contributed by atoms with E-state index < -0.39 is 0 Å². The Hall–Kier alpha value is -3.90. The van der Waals surface area contributed by atoms with Crippen LogP contribution in [-0.2, 0) is 20.0 Å². The molecule has 36 heavy (non-hydrogen) atoms. The molecule has 5 rings (SSSR count). The van der Waals surface area contributed by atoms with Gasteiger partial charge in [0, 0.05) is 19.0 Å². The van der Waals surface area contributed by atoms with E-state index in [2.05, 4.69) is 65.4 Å². The van der Waals surface area contributed by atoms with E-state index in [9.17, 15) is 4.79 Å². The summed E-state index contributed by atoms with van der Waals surface area (Å²) in [6, 6.07) is 28.9. The zero-order chi connectivity index (χ0) is 25.1. The number of nitrogens with zero attached hydrogens (tertiary/aromatic N) is 4. The van der Waals surface area contributed by atoms with Crippen LogP contribution in [0.2, 0.25) is 0 Å². The molecule has 2 aromatic heterocycles. The lowest BCUT2D eigenvalue weighted by Crippen LogP contribution is -2.20. The van der Waals surface area contributed by atoms with Gasteiger partial charge in [-0.05, 0) is 49.9 Å². The van der Waals surface area contributed by atoms with Crippen molar-refractivity contribution in [3.63, 3.8) is 0 Å². The predicted octanol–water partition coefficient (Wildman–Crippen LogP) is 6.19. The van der Waals surface area contributed by atoms with E-state index in [-0.39, 0.29) is 5.56 Å². The van der Waals surface area contributed by atoms with Crippen molar-refractivity contribution in [2.75, 3.05) is 0 Å². The van der Waals surface area contributed by atoms with Gasteiger partial charge in [-0.3, -0.25) is 9.48 Å². The largest absolute Gasteiger partial charge is 0.316 e. The molecule has 0 saturated carbocycles. The maximum absolute atomic E-state index is 13.5. The number of para-hydroxylation sites is 1. The van der Waals surface area contributed by atoms with Crippen molar-refractivity contribution in [3.8, 4) is 16.9 Å². The van der Waals surface area contributed by atoms with Gasteiger partial charge in [-0.2, -0.15) is 0 Å². The number of hydrogen-bond acceptors (Lipinski definition) is 3. The molecule has 3 aromatic carbocycles. The monoisotopic (exact) mass is 494 g/mol. The first-order valence-corrected chi connectivity index (χ1v) is 13.1. The lowest BCUT2D eigenvalue weighted by molar-refractivity contribution is 0.630. The Labute approximate surface area is 215 Å². The van der Waals surface area contributed by atoms with Crippen LogP contribution < -0.4 is 10.4 Å². The quantitative estimate of drug-likeness (QED) is 0.266. The Kier molecular flexibility index (Phi) is 6.87. The summed E-state index contributed by atoms with van der Waals surface area (Å²) >= 11 is 1.58. The molecule has 0 bridgehead atoms. The fourth-order valence-corrected chi connectivity index (χ4v) is 5.40. The first-order valence-electron chi connectivity index (χ1n) is 12.2. The standard InChI is InChI=1S/C30H30N4OS/c1-22-16-18-25(19-17-22)27-21-36-30(33(27)20-10-13-24-11-6-4-7-12-24)31-28-23(2)32(3)34(29(28)35)26-14-8-5-9-15-26/h4-9,11-12,14-19,21H,10,13,20H2,1-3H3. The van der Waals surface area contributed by atoms with Crippen LogP contribution in [0.25, 0.3) is 16.9 Å².